The number of hydrogen-bond acceptors (Lipinski definition) is 8. The van der Waals surface area contributed by atoms with Crippen LogP contribution in [-0.2, 0) is 23.7 Å². The second-order valence-electron chi connectivity index (χ2n) is 17.8. The molecule has 6 fully saturated rings. The van der Waals surface area contributed by atoms with Gasteiger partial charge in [0.25, 0.3) is 0 Å². The average Bonchev–Trinajstić information content (AvgIpc) is 3.58. The molecule has 0 unspecified atom stereocenters. The Bertz CT molecular complexity index is 1490. The minimum Gasteiger partial charge on any atom is -0.394 e. The number of carbonyl (C=O) groups is 1. The largest absolute Gasteiger partial charge is 0.394 e. The highest BCUT2D eigenvalue weighted by molar-refractivity contribution is 5.92. The topological polar surface area (TPSA) is 127 Å². The Morgan fingerprint density at radius 2 is 1.84 bits per heavy atom. The Hall–Kier alpha value is -2.11. The van der Waals surface area contributed by atoms with E-state index in [4.69, 9.17) is 18.9 Å². The van der Waals surface area contributed by atoms with E-state index in [0.29, 0.717) is 41.6 Å². The number of carbonyl (C=O) groups excluding carboxylic acids is 1. The van der Waals surface area contributed by atoms with Gasteiger partial charge in [0.15, 0.2) is 12.1 Å². The molecule has 7 aliphatic rings. The van der Waals surface area contributed by atoms with Crippen molar-refractivity contribution in [3.8, 4) is 0 Å². The predicted octanol–water partition coefficient (Wildman–Crippen LogP) is 5.38. The molecule has 51 heavy (non-hydrogen) atoms. The number of fused-ring (bicyclic) bond motifs is 7. The number of aliphatic hydroxyl groups is 3. The van der Waals surface area contributed by atoms with Gasteiger partial charge in [0.1, 0.15) is 24.4 Å². The molecule has 16 atom stereocenters. The first-order valence-corrected chi connectivity index (χ1v) is 19.8. The standard InChI is InChI=1S/C42H59NO8/c1-24-14-19-42(48-23-24)25(2)35-32(51-42)21-31-29-12-11-27-20-28(15-17-40(27,3)30(29)16-18-41(31,35)4)49-39-36(38(47)37(46)33(22-44)50-39)43-34(45)13-10-26-8-6-5-7-9-26/h5-11,13,24-25,28-33,35-39,44,46-47H,12,14-23H2,1-4H3,(H,43,45)/b13-10+/t24-,25+,28+,29-,30+,31+,32+,33-,35+,36-,37-,38-,39-,40+,41+,42-/m1/s1. The Morgan fingerprint density at radius 1 is 1.04 bits per heavy atom. The van der Waals surface area contributed by atoms with Crippen molar-refractivity contribution in [3.63, 3.8) is 0 Å². The van der Waals surface area contributed by atoms with Crippen molar-refractivity contribution < 1.29 is 39.1 Å². The smallest absolute Gasteiger partial charge is 0.244 e. The maximum atomic E-state index is 13.0. The van der Waals surface area contributed by atoms with E-state index in [1.54, 1.807) is 6.08 Å². The molecule has 1 aromatic carbocycles. The number of benzene rings is 1. The number of ether oxygens (including phenoxy) is 4. The fourth-order valence-electron chi connectivity index (χ4n) is 12.3. The summed E-state index contributed by atoms with van der Waals surface area (Å²) in [6.07, 6.45) is 10.5. The van der Waals surface area contributed by atoms with E-state index < -0.39 is 43.2 Å². The van der Waals surface area contributed by atoms with Crippen LogP contribution in [0.25, 0.3) is 6.08 Å². The fourth-order valence-corrected chi connectivity index (χ4v) is 12.3. The summed E-state index contributed by atoms with van der Waals surface area (Å²) >= 11 is 0. The number of hydrogen-bond donors (Lipinski definition) is 4. The molecular weight excluding hydrogens is 646 g/mol. The number of nitrogens with one attached hydrogen (secondary N) is 1. The molecule has 3 saturated heterocycles. The Morgan fingerprint density at radius 3 is 2.59 bits per heavy atom. The van der Waals surface area contributed by atoms with Crippen LogP contribution in [0.15, 0.2) is 48.1 Å². The summed E-state index contributed by atoms with van der Waals surface area (Å²) < 4.78 is 26.1. The van der Waals surface area contributed by atoms with E-state index in [1.807, 2.05) is 30.3 Å². The minimum absolute atomic E-state index is 0.102. The van der Waals surface area contributed by atoms with Crippen LogP contribution in [0.3, 0.4) is 0 Å². The van der Waals surface area contributed by atoms with Crippen LogP contribution in [0, 0.1) is 46.3 Å². The van der Waals surface area contributed by atoms with Gasteiger partial charge in [-0.1, -0.05) is 69.7 Å². The molecule has 1 spiro atoms. The highest BCUT2D eigenvalue weighted by Gasteiger charge is 2.68. The minimum atomic E-state index is -1.37. The summed E-state index contributed by atoms with van der Waals surface area (Å²) in [6.45, 7) is 10.1. The van der Waals surface area contributed by atoms with Gasteiger partial charge in [-0.25, -0.2) is 0 Å². The van der Waals surface area contributed by atoms with Gasteiger partial charge in [-0.2, -0.15) is 0 Å². The lowest BCUT2D eigenvalue weighted by Crippen LogP contribution is -2.65. The summed E-state index contributed by atoms with van der Waals surface area (Å²) in [5.41, 5.74) is 2.70. The maximum absolute atomic E-state index is 13.0. The van der Waals surface area contributed by atoms with Crippen molar-refractivity contribution in [2.75, 3.05) is 13.2 Å². The van der Waals surface area contributed by atoms with Gasteiger partial charge in [-0.05, 0) is 103 Å². The number of aliphatic hydroxyl groups excluding tert-OH is 3. The van der Waals surface area contributed by atoms with Crippen molar-refractivity contribution >= 4 is 12.0 Å². The van der Waals surface area contributed by atoms with E-state index in [9.17, 15) is 20.1 Å². The molecule has 8 rings (SSSR count). The molecule has 4 aliphatic carbocycles. The molecule has 1 amide bonds. The molecule has 1 aromatic rings. The zero-order valence-corrected chi connectivity index (χ0v) is 30.8. The van der Waals surface area contributed by atoms with E-state index in [-0.39, 0.29) is 22.7 Å². The quantitative estimate of drug-likeness (QED) is 0.230. The lowest BCUT2D eigenvalue weighted by molar-refractivity contribution is -0.284. The molecule has 0 aromatic heterocycles. The van der Waals surface area contributed by atoms with Crippen LogP contribution in [0.5, 0.6) is 0 Å². The van der Waals surface area contributed by atoms with Crippen molar-refractivity contribution in [1.29, 1.82) is 0 Å². The molecular formula is C42H59NO8. The summed E-state index contributed by atoms with van der Waals surface area (Å²) in [7, 11) is 0. The molecule has 9 heteroatoms. The van der Waals surface area contributed by atoms with Crippen LogP contribution >= 0.6 is 0 Å². The van der Waals surface area contributed by atoms with Crippen molar-refractivity contribution in [2.45, 2.75) is 134 Å². The van der Waals surface area contributed by atoms with E-state index in [2.05, 4.69) is 39.1 Å². The SMILES string of the molecule is C[C@@H]1CC[C@@]2(OC1)O[C@H]1C[C@H]3[C@@H]4CC=C5C[C@@H](O[C@@H]6O[C@H](CO)[C@@H](O)[C@H](O)[C@H]6NC(=O)/C=C/c6ccccc6)CC[C@]5(C)[C@H]4CC[C@]3(C)[C@H]1[C@@H]2C. The third-order valence-electron chi connectivity index (χ3n) is 15.1. The summed E-state index contributed by atoms with van der Waals surface area (Å²) in [6, 6.07) is 8.48. The lowest BCUT2D eigenvalue weighted by atomic mass is 9.47. The first-order valence-electron chi connectivity index (χ1n) is 19.8. The van der Waals surface area contributed by atoms with Crippen molar-refractivity contribution in [3.05, 3.63) is 53.6 Å². The van der Waals surface area contributed by atoms with Crippen molar-refractivity contribution in [2.24, 2.45) is 46.3 Å². The van der Waals surface area contributed by atoms with Crippen LogP contribution < -0.4 is 5.32 Å². The van der Waals surface area contributed by atoms with Gasteiger partial charge in [0.2, 0.25) is 5.91 Å². The van der Waals surface area contributed by atoms with Gasteiger partial charge >= 0.3 is 0 Å². The third kappa shape index (κ3) is 6.07. The molecule has 0 radical (unpaired) electrons. The molecule has 4 N–H and O–H groups in total. The molecule has 3 heterocycles. The monoisotopic (exact) mass is 705 g/mol. The summed E-state index contributed by atoms with van der Waals surface area (Å²) in [4.78, 5) is 13.0. The first kappa shape index (κ1) is 35.9. The van der Waals surface area contributed by atoms with Gasteiger partial charge in [-0.15, -0.1) is 0 Å². The lowest BCUT2D eigenvalue weighted by Gasteiger charge is -2.58. The molecule has 9 nitrogen and oxygen atoms in total. The highest BCUT2D eigenvalue weighted by Crippen LogP contribution is 2.70. The summed E-state index contributed by atoms with van der Waals surface area (Å²) in [5, 5.41) is 34.5. The zero-order valence-electron chi connectivity index (χ0n) is 30.8. The van der Waals surface area contributed by atoms with Crippen LogP contribution in [0.2, 0.25) is 0 Å². The second-order valence-corrected chi connectivity index (χ2v) is 17.8. The zero-order chi connectivity index (χ0) is 35.7. The average molecular weight is 706 g/mol. The normalized spacial score (nSPS) is 49.2. The number of amides is 1. The van der Waals surface area contributed by atoms with Crippen LogP contribution in [0.1, 0.15) is 91.0 Å². The van der Waals surface area contributed by atoms with Crippen LogP contribution in [0.4, 0.5) is 0 Å². The fraction of sp³-hybridized carbons (Fsp3) is 0.738. The van der Waals surface area contributed by atoms with Gasteiger partial charge < -0.3 is 39.6 Å². The maximum Gasteiger partial charge on any atom is 0.244 e. The Labute approximate surface area is 303 Å². The second kappa shape index (κ2) is 13.6. The van der Waals surface area contributed by atoms with Crippen LogP contribution in [-0.4, -0.2) is 83.1 Å². The van der Waals surface area contributed by atoms with Gasteiger partial charge in [0, 0.05) is 18.4 Å². The third-order valence-corrected chi connectivity index (χ3v) is 15.1. The van der Waals surface area contributed by atoms with E-state index in [0.717, 1.165) is 50.7 Å². The molecule has 3 saturated carbocycles. The Kier molecular flexibility index (Phi) is 9.59. The van der Waals surface area contributed by atoms with E-state index >= 15 is 0 Å². The number of allylic oxidation sites excluding steroid dienone is 1. The predicted molar refractivity (Wildman–Crippen MR) is 192 cm³/mol. The van der Waals surface area contributed by atoms with Gasteiger partial charge in [0.05, 0.1) is 25.4 Å². The van der Waals surface area contributed by atoms with Gasteiger partial charge in [-0.3, -0.25) is 4.79 Å². The Balaban J connectivity index is 0.952. The molecule has 280 valence electrons. The van der Waals surface area contributed by atoms with E-state index in [1.165, 1.54) is 30.9 Å². The molecule has 0 bridgehead atoms. The molecule has 3 aliphatic heterocycles. The highest BCUT2D eigenvalue weighted by atomic mass is 16.7. The van der Waals surface area contributed by atoms with Crippen molar-refractivity contribution in [1.82, 2.24) is 5.32 Å². The summed E-state index contributed by atoms with van der Waals surface area (Å²) in [5.74, 6) is 2.68. The first-order chi connectivity index (χ1) is 24.5. The number of rotatable bonds is 6.